The van der Waals surface area contributed by atoms with Gasteiger partial charge in [-0.25, -0.2) is 18.9 Å². The molecular formula is C19H22BrF2N6O3+. The second kappa shape index (κ2) is 9.96. The van der Waals surface area contributed by atoms with Crippen molar-refractivity contribution in [1.29, 1.82) is 0 Å². The van der Waals surface area contributed by atoms with Crippen LogP contribution in [0.3, 0.4) is 0 Å². The van der Waals surface area contributed by atoms with E-state index in [-0.39, 0.29) is 40.8 Å². The Morgan fingerprint density at radius 3 is 2.68 bits per heavy atom. The predicted octanol–water partition coefficient (Wildman–Crippen LogP) is 0.499. The predicted molar refractivity (Wildman–Crippen MR) is 112 cm³/mol. The van der Waals surface area contributed by atoms with Gasteiger partial charge in [0, 0.05) is 25.1 Å². The molecule has 1 aliphatic heterocycles. The number of amidine groups is 1. The lowest BCUT2D eigenvalue weighted by molar-refractivity contribution is -0.354. The van der Waals surface area contributed by atoms with Crippen LogP contribution in [0.1, 0.15) is 12.8 Å². The second-order valence-corrected chi connectivity index (χ2v) is 7.87. The number of carbonyl (C=O) groups is 2. The molecule has 1 saturated heterocycles. The van der Waals surface area contributed by atoms with Crippen molar-refractivity contribution in [1.82, 2.24) is 14.7 Å². The van der Waals surface area contributed by atoms with Crippen LogP contribution in [0, 0.1) is 17.7 Å². The molecule has 12 heteroatoms. The van der Waals surface area contributed by atoms with E-state index in [4.69, 9.17) is 10.8 Å². The monoisotopic (exact) mass is 499 g/mol. The summed E-state index contributed by atoms with van der Waals surface area (Å²) in [5, 5.41) is 15.1. The Bertz CT molecular complexity index is 1000. The molecule has 0 atom stereocenters. The number of benzene rings is 1. The van der Waals surface area contributed by atoms with Gasteiger partial charge in [-0.3, -0.25) is 10.5 Å². The second-order valence-electron chi connectivity index (χ2n) is 7.02. The Balaban J connectivity index is 1.55. The van der Waals surface area contributed by atoms with E-state index in [0.717, 1.165) is 4.68 Å². The first kappa shape index (κ1) is 22.8. The lowest BCUT2D eigenvalue weighted by atomic mass is 9.92. The van der Waals surface area contributed by atoms with Crippen LogP contribution in [0.4, 0.5) is 25.0 Å². The molecule has 0 spiro atoms. The number of halogens is 3. The number of rotatable bonds is 6. The molecule has 1 aromatic carbocycles. The topological polar surface area (TPSA) is 127 Å². The summed E-state index contributed by atoms with van der Waals surface area (Å²) < 4.78 is 28.6. The summed E-state index contributed by atoms with van der Waals surface area (Å²) in [6.45, 7) is 0.297. The lowest BCUT2D eigenvalue weighted by Crippen LogP contribution is -2.72. The number of amides is 2. The number of aliphatic hydroxyl groups is 1. The summed E-state index contributed by atoms with van der Waals surface area (Å²) in [5.41, 5.74) is 6.29. The number of piperidine rings is 1. The molecule has 166 valence electrons. The first-order valence-corrected chi connectivity index (χ1v) is 10.4. The van der Waals surface area contributed by atoms with E-state index in [1.165, 1.54) is 29.3 Å². The largest absolute Gasteiger partial charge is 0.394 e. The highest BCUT2D eigenvalue weighted by Gasteiger charge is 2.31. The molecule has 2 heterocycles. The fraction of sp³-hybridized carbons (Fsp3) is 0.368. The van der Waals surface area contributed by atoms with E-state index in [0.29, 0.717) is 31.6 Å². The molecular weight excluding hydrogens is 478 g/mol. The summed E-state index contributed by atoms with van der Waals surface area (Å²) in [7, 11) is 0. The van der Waals surface area contributed by atoms with Gasteiger partial charge in [0.2, 0.25) is 11.7 Å². The Labute approximate surface area is 185 Å². The third-order valence-corrected chi connectivity index (χ3v) is 5.55. The zero-order valence-corrected chi connectivity index (χ0v) is 18.0. The van der Waals surface area contributed by atoms with Crippen LogP contribution in [0.25, 0.3) is 0 Å². The Kier molecular flexibility index (Phi) is 7.33. The number of anilines is 1. The van der Waals surface area contributed by atoms with Crippen LogP contribution in [-0.4, -0.2) is 57.1 Å². The van der Waals surface area contributed by atoms with Gasteiger partial charge in [-0.1, -0.05) is 0 Å². The summed E-state index contributed by atoms with van der Waals surface area (Å²) >= 11 is 3.07. The van der Waals surface area contributed by atoms with Gasteiger partial charge in [0.05, 0.1) is 23.8 Å². The van der Waals surface area contributed by atoms with Crippen molar-refractivity contribution in [3.8, 4) is 0 Å². The normalized spacial score (nSPS) is 15.2. The van der Waals surface area contributed by atoms with Crippen LogP contribution in [0.5, 0.6) is 0 Å². The summed E-state index contributed by atoms with van der Waals surface area (Å²) in [6, 6.07) is 3.69. The van der Waals surface area contributed by atoms with E-state index in [1.54, 1.807) is 0 Å². The van der Waals surface area contributed by atoms with Gasteiger partial charge in [-0.15, -0.1) is 0 Å². The van der Waals surface area contributed by atoms with Gasteiger partial charge in [-0.05, 0) is 40.9 Å². The third kappa shape index (κ3) is 5.44. The number of Topliss-reactive ketones (excluding diaryl/α,β-unsaturated/α-hetero) is 1. The first-order valence-electron chi connectivity index (χ1n) is 9.57. The molecule has 2 amide bonds. The average Bonchev–Trinajstić information content (AvgIpc) is 3.10. The van der Waals surface area contributed by atoms with E-state index < -0.39 is 17.8 Å². The number of nitrogens with zero attached hydrogens (tertiary/aromatic N) is 3. The van der Waals surface area contributed by atoms with Crippen LogP contribution in [0.15, 0.2) is 28.9 Å². The van der Waals surface area contributed by atoms with Crippen molar-refractivity contribution in [3.05, 3.63) is 40.6 Å². The average molecular weight is 500 g/mol. The third-order valence-electron chi connectivity index (χ3n) is 4.95. The minimum Gasteiger partial charge on any atom is -0.394 e. The highest BCUT2D eigenvalue weighted by molar-refractivity contribution is 9.10. The molecule has 1 aromatic heterocycles. The molecule has 9 nitrogen and oxygen atoms in total. The molecule has 5 N–H and O–H groups in total. The maximum absolute atomic E-state index is 14.1. The molecule has 0 radical (unpaired) electrons. The van der Waals surface area contributed by atoms with E-state index >= 15 is 0 Å². The van der Waals surface area contributed by atoms with Crippen molar-refractivity contribution < 1.29 is 28.5 Å². The van der Waals surface area contributed by atoms with Crippen molar-refractivity contribution in [2.75, 3.05) is 25.0 Å². The Morgan fingerprint density at radius 1 is 1.32 bits per heavy atom. The number of carbonyl (C=O) groups excluding carboxylic acids is 2. The number of aliphatic hydroxyl groups excluding tert-OH is 1. The van der Waals surface area contributed by atoms with Crippen LogP contribution in [-0.2, 0) is 11.3 Å². The molecule has 0 saturated carbocycles. The SMILES string of the molecule is NC(=[NH+]c1ccc(F)c(Br)c1)C(=O)C1CCN(C(=O)Nc2cnn(CCO)c2F)CC1. The zero-order valence-electron chi connectivity index (χ0n) is 16.4. The number of nitrogens with two attached hydrogens (primary N) is 1. The van der Waals surface area contributed by atoms with Gasteiger partial charge >= 0.3 is 11.9 Å². The number of nitrogens with one attached hydrogen (secondary N) is 2. The number of hydrogen-bond donors (Lipinski definition) is 4. The van der Waals surface area contributed by atoms with E-state index in [1.807, 2.05) is 0 Å². The van der Waals surface area contributed by atoms with Gasteiger partial charge in [-0.2, -0.15) is 9.49 Å². The summed E-state index contributed by atoms with van der Waals surface area (Å²) in [4.78, 5) is 29.3. The number of hydrogen-bond acceptors (Lipinski definition) is 4. The van der Waals surface area contributed by atoms with Crippen molar-refractivity contribution in [3.63, 3.8) is 0 Å². The Morgan fingerprint density at radius 2 is 2.03 bits per heavy atom. The molecule has 0 aliphatic carbocycles. The van der Waals surface area contributed by atoms with Crippen molar-refractivity contribution in [2.45, 2.75) is 19.4 Å². The van der Waals surface area contributed by atoms with E-state index in [9.17, 15) is 18.4 Å². The molecule has 1 aliphatic rings. The minimum absolute atomic E-state index is 0.0178. The number of ketones is 1. The van der Waals surface area contributed by atoms with Gasteiger partial charge in [0.15, 0.2) is 0 Å². The minimum atomic E-state index is -0.742. The fourth-order valence-corrected chi connectivity index (χ4v) is 3.63. The molecule has 2 aromatic rings. The molecule has 3 rings (SSSR count). The summed E-state index contributed by atoms with van der Waals surface area (Å²) in [6.07, 6.45) is 1.97. The first-order chi connectivity index (χ1) is 14.8. The quantitative estimate of drug-likeness (QED) is 0.340. The van der Waals surface area contributed by atoms with Crippen molar-refractivity contribution >= 4 is 45.0 Å². The smallest absolute Gasteiger partial charge is 0.322 e. The number of urea groups is 1. The van der Waals surface area contributed by atoms with Crippen LogP contribution >= 0.6 is 15.9 Å². The maximum atomic E-state index is 14.1. The molecule has 31 heavy (non-hydrogen) atoms. The van der Waals surface area contributed by atoms with Crippen LogP contribution in [0.2, 0.25) is 0 Å². The van der Waals surface area contributed by atoms with Gasteiger partial charge < -0.3 is 15.3 Å². The number of aromatic nitrogens is 2. The summed E-state index contributed by atoms with van der Waals surface area (Å²) in [5.74, 6) is -1.88. The van der Waals surface area contributed by atoms with Crippen LogP contribution < -0.4 is 16.0 Å². The molecule has 1 fully saturated rings. The Hall–Kier alpha value is -2.86. The number of likely N-dealkylation sites (tertiary alicyclic amines) is 1. The van der Waals surface area contributed by atoms with Crippen molar-refractivity contribution in [2.24, 2.45) is 11.7 Å². The van der Waals surface area contributed by atoms with Gasteiger partial charge in [0.1, 0.15) is 17.2 Å². The standard InChI is InChI=1S/C19H21BrF2N6O3/c20-13-9-12(1-2-14(13)21)25-18(23)16(30)11-3-5-27(6-4-11)19(31)26-15-10-24-28(7-8-29)17(15)22/h1-2,9-11,29H,3-8H2,(H2,23,25)(H,26,31)/p+1. The van der Waals surface area contributed by atoms with E-state index in [2.05, 4.69) is 31.3 Å². The molecule has 0 bridgehead atoms. The molecule has 0 unspecified atom stereocenters. The highest BCUT2D eigenvalue weighted by Crippen LogP contribution is 2.20. The lowest BCUT2D eigenvalue weighted by Gasteiger charge is -2.30. The fourth-order valence-electron chi connectivity index (χ4n) is 3.25. The van der Waals surface area contributed by atoms with Gasteiger partial charge in [0.25, 0.3) is 0 Å². The highest BCUT2D eigenvalue weighted by atomic mass is 79.9. The maximum Gasteiger partial charge on any atom is 0.322 e. The zero-order chi connectivity index (χ0) is 22.5.